The van der Waals surface area contributed by atoms with Gasteiger partial charge in [-0.15, -0.1) is 0 Å². The van der Waals surface area contributed by atoms with Gasteiger partial charge >= 0.3 is 0 Å². The van der Waals surface area contributed by atoms with Crippen molar-refractivity contribution in [2.45, 2.75) is 38.3 Å². The van der Waals surface area contributed by atoms with Gasteiger partial charge in [-0.25, -0.2) is 0 Å². The quantitative estimate of drug-likeness (QED) is 0.770. The molecule has 3 rings (SSSR count). The molecule has 0 radical (unpaired) electrons. The zero-order chi connectivity index (χ0) is 13.6. The molecule has 1 aliphatic carbocycles. The van der Waals surface area contributed by atoms with Crippen LogP contribution in [0.2, 0.25) is 5.02 Å². The summed E-state index contributed by atoms with van der Waals surface area (Å²) in [6.07, 6.45) is 2.76. The van der Waals surface area contributed by atoms with Crippen molar-refractivity contribution in [1.82, 2.24) is 5.32 Å². The number of rotatable bonds is 2. The molecular weight excluding hydrogens is 371 g/mol. The van der Waals surface area contributed by atoms with Crippen LogP contribution in [0.25, 0.3) is 0 Å². The Morgan fingerprint density at radius 1 is 1.42 bits per heavy atom. The first-order valence-corrected chi connectivity index (χ1v) is 8.42. The Balaban J connectivity index is 1.88. The molecule has 0 spiro atoms. The highest BCUT2D eigenvalue weighted by Gasteiger charge is 2.45. The molecule has 2 fully saturated rings. The molecule has 1 heterocycles. The van der Waals surface area contributed by atoms with E-state index in [1.807, 2.05) is 6.07 Å². The average molecular weight is 391 g/mol. The highest BCUT2D eigenvalue weighted by atomic mass is 127. The molecule has 104 valence electrons. The van der Waals surface area contributed by atoms with Crippen molar-refractivity contribution in [1.29, 1.82) is 0 Å². The van der Waals surface area contributed by atoms with E-state index in [-0.39, 0.29) is 5.54 Å². The molecule has 0 bridgehead atoms. The van der Waals surface area contributed by atoms with E-state index in [0.717, 1.165) is 24.0 Å². The molecule has 4 heteroatoms. The maximum Gasteiger partial charge on any atom is 0.0506 e. The molecule has 2 aliphatic rings. The van der Waals surface area contributed by atoms with Crippen molar-refractivity contribution in [3.05, 3.63) is 26.8 Å². The zero-order valence-corrected chi connectivity index (χ0v) is 14.3. The Bertz CT molecular complexity index is 489. The van der Waals surface area contributed by atoms with Gasteiger partial charge in [-0.2, -0.15) is 0 Å². The largest absolute Gasteiger partial charge is 0.365 e. The van der Waals surface area contributed by atoms with E-state index in [0.29, 0.717) is 6.04 Å². The summed E-state index contributed by atoms with van der Waals surface area (Å²) in [5.41, 5.74) is 1.60. The smallest absolute Gasteiger partial charge is 0.0506 e. The van der Waals surface area contributed by atoms with E-state index in [1.54, 1.807) is 0 Å². The van der Waals surface area contributed by atoms with E-state index in [2.05, 4.69) is 58.8 Å². The van der Waals surface area contributed by atoms with Gasteiger partial charge in [0.25, 0.3) is 0 Å². The number of hydrogen-bond donors (Lipinski definition) is 1. The first-order valence-electron chi connectivity index (χ1n) is 6.96. The Labute approximate surface area is 134 Å². The van der Waals surface area contributed by atoms with Gasteiger partial charge in [0.2, 0.25) is 0 Å². The topological polar surface area (TPSA) is 15.3 Å². The van der Waals surface area contributed by atoms with Crippen LogP contribution in [0.1, 0.15) is 26.7 Å². The lowest BCUT2D eigenvalue weighted by Crippen LogP contribution is -2.63. The Hall–Kier alpha value is -0.000000000000000111. The fourth-order valence-electron chi connectivity index (χ4n) is 3.09. The summed E-state index contributed by atoms with van der Waals surface area (Å²) in [5, 5.41) is 4.59. The summed E-state index contributed by atoms with van der Waals surface area (Å²) in [4.78, 5) is 2.55. The second-order valence-electron chi connectivity index (χ2n) is 6.15. The van der Waals surface area contributed by atoms with Gasteiger partial charge in [-0.1, -0.05) is 11.6 Å². The van der Waals surface area contributed by atoms with Crippen LogP contribution in [0.5, 0.6) is 0 Å². The highest BCUT2D eigenvalue weighted by Crippen LogP contribution is 2.42. The minimum absolute atomic E-state index is 0.273. The van der Waals surface area contributed by atoms with Crippen LogP contribution in [0.15, 0.2) is 18.2 Å². The van der Waals surface area contributed by atoms with Crippen molar-refractivity contribution in [2.75, 3.05) is 18.0 Å². The van der Waals surface area contributed by atoms with Gasteiger partial charge in [0, 0.05) is 33.3 Å². The molecule has 1 aromatic carbocycles. The van der Waals surface area contributed by atoms with Crippen LogP contribution >= 0.6 is 34.2 Å². The van der Waals surface area contributed by atoms with E-state index in [9.17, 15) is 0 Å². The second-order valence-corrected chi connectivity index (χ2v) is 7.74. The van der Waals surface area contributed by atoms with Crippen molar-refractivity contribution < 1.29 is 0 Å². The molecule has 0 aromatic heterocycles. The summed E-state index contributed by atoms with van der Waals surface area (Å²) in [5.74, 6) is 0.854. The molecule has 1 aliphatic heterocycles. The van der Waals surface area contributed by atoms with Gasteiger partial charge in [-0.3, -0.25) is 0 Å². The van der Waals surface area contributed by atoms with Gasteiger partial charge in [0.1, 0.15) is 0 Å². The van der Waals surface area contributed by atoms with Crippen LogP contribution in [-0.4, -0.2) is 24.7 Å². The minimum atomic E-state index is 0.273. The van der Waals surface area contributed by atoms with E-state index in [4.69, 9.17) is 11.6 Å². The lowest BCUT2D eigenvalue weighted by Gasteiger charge is -2.47. The minimum Gasteiger partial charge on any atom is -0.365 e. The van der Waals surface area contributed by atoms with Gasteiger partial charge in [0.05, 0.1) is 5.69 Å². The number of piperazine rings is 1. The normalized spacial score (nSPS) is 31.6. The number of hydrogen-bond acceptors (Lipinski definition) is 2. The third-order valence-electron chi connectivity index (χ3n) is 4.53. The third-order valence-corrected chi connectivity index (χ3v) is 5.63. The highest BCUT2D eigenvalue weighted by molar-refractivity contribution is 14.1. The summed E-state index contributed by atoms with van der Waals surface area (Å²) >= 11 is 8.47. The average Bonchev–Trinajstić information content (AvgIpc) is 3.17. The number of benzene rings is 1. The molecule has 2 unspecified atom stereocenters. The first-order chi connectivity index (χ1) is 8.99. The summed E-state index contributed by atoms with van der Waals surface area (Å²) < 4.78 is 1.25. The summed E-state index contributed by atoms with van der Waals surface area (Å²) in [7, 11) is 0. The fraction of sp³-hybridized carbons (Fsp3) is 0.600. The van der Waals surface area contributed by atoms with Gasteiger partial charge < -0.3 is 10.2 Å². The molecule has 2 atom stereocenters. The molecular formula is C15H20ClIN2. The van der Waals surface area contributed by atoms with Crippen molar-refractivity contribution in [3.63, 3.8) is 0 Å². The van der Waals surface area contributed by atoms with Crippen LogP contribution in [0, 0.1) is 9.49 Å². The van der Waals surface area contributed by atoms with Crippen molar-refractivity contribution in [3.8, 4) is 0 Å². The molecule has 1 saturated heterocycles. The van der Waals surface area contributed by atoms with Crippen LogP contribution in [-0.2, 0) is 0 Å². The van der Waals surface area contributed by atoms with Gasteiger partial charge in [0.15, 0.2) is 0 Å². The Morgan fingerprint density at radius 3 is 2.79 bits per heavy atom. The number of nitrogens with zero attached hydrogens (tertiary/aromatic N) is 1. The third kappa shape index (κ3) is 2.74. The SMILES string of the molecule is CC1CNC(C)(C2CC2)CN1c1ccc(Cl)cc1I. The maximum absolute atomic E-state index is 6.07. The standard InChI is InChI=1S/C15H20ClIN2/c1-10-8-18-15(2,11-3-4-11)9-19(10)14-6-5-12(16)7-13(14)17/h5-7,10-11,18H,3-4,8-9H2,1-2H3. The van der Waals surface area contributed by atoms with E-state index in [1.165, 1.54) is 22.1 Å². The van der Waals surface area contributed by atoms with Crippen molar-refractivity contribution >= 4 is 39.9 Å². The van der Waals surface area contributed by atoms with Gasteiger partial charge in [-0.05, 0) is 73.4 Å². The molecule has 2 nitrogen and oxygen atoms in total. The number of anilines is 1. The van der Waals surface area contributed by atoms with E-state index < -0.39 is 0 Å². The lowest BCUT2D eigenvalue weighted by molar-refractivity contribution is 0.260. The first kappa shape index (κ1) is 14.0. The zero-order valence-electron chi connectivity index (χ0n) is 11.4. The molecule has 1 N–H and O–H groups in total. The second kappa shape index (κ2) is 5.08. The van der Waals surface area contributed by atoms with Crippen LogP contribution in [0.3, 0.4) is 0 Å². The lowest BCUT2D eigenvalue weighted by atomic mass is 9.91. The predicted octanol–water partition coefficient (Wildman–Crippen LogP) is 3.91. The number of halogens is 2. The van der Waals surface area contributed by atoms with Crippen molar-refractivity contribution in [2.24, 2.45) is 5.92 Å². The molecule has 1 saturated carbocycles. The monoisotopic (exact) mass is 390 g/mol. The number of nitrogens with one attached hydrogen (secondary N) is 1. The van der Waals surface area contributed by atoms with Crippen LogP contribution in [0.4, 0.5) is 5.69 Å². The molecule has 1 aromatic rings. The summed E-state index contributed by atoms with van der Waals surface area (Å²) in [6.45, 7) is 6.83. The molecule has 19 heavy (non-hydrogen) atoms. The predicted molar refractivity (Wildman–Crippen MR) is 90.1 cm³/mol. The maximum atomic E-state index is 6.07. The Morgan fingerprint density at radius 2 is 2.16 bits per heavy atom. The fourth-order valence-corrected chi connectivity index (χ4v) is 4.27. The summed E-state index contributed by atoms with van der Waals surface area (Å²) in [6, 6.07) is 6.75. The Kier molecular flexibility index (Phi) is 3.73. The molecule has 0 amide bonds. The van der Waals surface area contributed by atoms with E-state index >= 15 is 0 Å². The van der Waals surface area contributed by atoms with Crippen LogP contribution < -0.4 is 10.2 Å².